The normalized spacial score (nSPS) is 13.6. The number of hydrogen-bond donors (Lipinski definition) is 2. The number of carbonyl (C=O) groups is 1. The van der Waals surface area contributed by atoms with Crippen LogP contribution in [0.15, 0.2) is 0 Å². The molecular formula is C12H26N2O3. The SMILES string of the molecule is CCCC[C@H](CO)N(C)NC(=O)OC(C)(C)C. The average molecular weight is 246 g/mol. The zero-order valence-electron chi connectivity index (χ0n) is 11.6. The van der Waals surface area contributed by atoms with Crippen molar-refractivity contribution in [2.45, 2.75) is 58.6 Å². The lowest BCUT2D eigenvalue weighted by molar-refractivity contribution is 0.0231. The lowest BCUT2D eigenvalue weighted by Gasteiger charge is -2.28. The standard InChI is InChI=1S/C12H26N2O3/c1-6-7-8-10(9-15)14(5)13-11(16)17-12(2,3)4/h10,15H,6-9H2,1-5H3,(H,13,16)/t10-/m1/s1. The van der Waals surface area contributed by atoms with E-state index in [1.807, 2.05) is 20.8 Å². The van der Waals surface area contributed by atoms with Gasteiger partial charge in [0, 0.05) is 7.05 Å². The van der Waals surface area contributed by atoms with Crippen molar-refractivity contribution in [3.05, 3.63) is 0 Å². The van der Waals surface area contributed by atoms with E-state index < -0.39 is 11.7 Å². The Bertz CT molecular complexity index is 226. The summed E-state index contributed by atoms with van der Waals surface area (Å²) in [5, 5.41) is 10.8. The van der Waals surface area contributed by atoms with Crippen LogP contribution >= 0.6 is 0 Å². The van der Waals surface area contributed by atoms with E-state index in [0.29, 0.717) is 0 Å². The number of aliphatic hydroxyl groups excluding tert-OH is 1. The molecule has 102 valence electrons. The molecular weight excluding hydrogens is 220 g/mol. The highest BCUT2D eigenvalue weighted by atomic mass is 16.6. The second-order valence-electron chi connectivity index (χ2n) is 5.20. The first kappa shape index (κ1) is 16.2. The summed E-state index contributed by atoms with van der Waals surface area (Å²) in [6, 6.07) is -0.0672. The molecule has 0 bridgehead atoms. The van der Waals surface area contributed by atoms with Crippen molar-refractivity contribution in [1.29, 1.82) is 0 Å². The van der Waals surface area contributed by atoms with Gasteiger partial charge in [0.05, 0.1) is 12.6 Å². The van der Waals surface area contributed by atoms with Gasteiger partial charge in [0.1, 0.15) is 5.60 Å². The van der Waals surface area contributed by atoms with E-state index in [1.54, 1.807) is 12.1 Å². The van der Waals surface area contributed by atoms with Crippen molar-refractivity contribution < 1.29 is 14.6 Å². The zero-order chi connectivity index (χ0) is 13.5. The second kappa shape index (κ2) is 7.50. The molecule has 0 aliphatic carbocycles. The fourth-order valence-corrected chi connectivity index (χ4v) is 1.38. The number of nitrogens with one attached hydrogen (secondary N) is 1. The van der Waals surface area contributed by atoms with Gasteiger partial charge in [-0.3, -0.25) is 5.43 Å². The summed E-state index contributed by atoms with van der Waals surface area (Å²) in [5.74, 6) is 0. The molecule has 0 aliphatic rings. The molecule has 0 unspecified atom stereocenters. The van der Waals surface area contributed by atoms with Gasteiger partial charge in [-0.15, -0.1) is 0 Å². The van der Waals surface area contributed by atoms with Crippen LogP contribution < -0.4 is 5.43 Å². The van der Waals surface area contributed by atoms with Gasteiger partial charge in [0.2, 0.25) is 0 Å². The molecule has 17 heavy (non-hydrogen) atoms. The predicted octanol–water partition coefficient (Wildman–Crippen LogP) is 1.91. The first-order valence-electron chi connectivity index (χ1n) is 6.13. The Kier molecular flexibility index (Phi) is 7.15. The molecule has 0 radical (unpaired) electrons. The molecule has 5 heteroatoms. The third kappa shape index (κ3) is 7.99. The Balaban J connectivity index is 4.12. The molecule has 0 aromatic carbocycles. The van der Waals surface area contributed by atoms with E-state index in [2.05, 4.69) is 12.3 Å². The van der Waals surface area contributed by atoms with Crippen molar-refractivity contribution in [2.75, 3.05) is 13.7 Å². The van der Waals surface area contributed by atoms with Crippen LogP contribution in [-0.4, -0.2) is 41.5 Å². The largest absolute Gasteiger partial charge is 0.443 e. The minimum atomic E-state index is -0.511. The van der Waals surface area contributed by atoms with Crippen LogP contribution in [0.1, 0.15) is 47.0 Å². The Hall–Kier alpha value is -0.810. The average Bonchev–Trinajstić information content (AvgIpc) is 2.15. The topological polar surface area (TPSA) is 61.8 Å². The molecule has 0 aromatic rings. The monoisotopic (exact) mass is 246 g/mol. The first-order valence-corrected chi connectivity index (χ1v) is 6.13. The minimum Gasteiger partial charge on any atom is -0.443 e. The number of ether oxygens (including phenoxy) is 1. The van der Waals surface area contributed by atoms with Crippen molar-refractivity contribution in [3.63, 3.8) is 0 Å². The highest BCUT2D eigenvalue weighted by Crippen LogP contribution is 2.08. The number of likely N-dealkylation sites (N-methyl/N-ethyl adjacent to an activating group) is 1. The van der Waals surface area contributed by atoms with E-state index in [-0.39, 0.29) is 12.6 Å². The zero-order valence-corrected chi connectivity index (χ0v) is 11.6. The second-order valence-corrected chi connectivity index (χ2v) is 5.20. The number of unbranched alkanes of at least 4 members (excludes halogenated alkanes) is 1. The van der Waals surface area contributed by atoms with E-state index in [4.69, 9.17) is 4.74 Å². The maximum absolute atomic E-state index is 11.5. The quantitative estimate of drug-likeness (QED) is 0.703. The van der Waals surface area contributed by atoms with Crippen LogP contribution in [0.2, 0.25) is 0 Å². The summed E-state index contributed by atoms with van der Waals surface area (Å²) in [4.78, 5) is 11.5. The van der Waals surface area contributed by atoms with Crippen molar-refractivity contribution in [2.24, 2.45) is 0 Å². The molecule has 0 rings (SSSR count). The Morgan fingerprint density at radius 1 is 1.47 bits per heavy atom. The Morgan fingerprint density at radius 3 is 2.47 bits per heavy atom. The number of nitrogens with zero attached hydrogens (tertiary/aromatic N) is 1. The number of amides is 1. The third-order valence-corrected chi connectivity index (χ3v) is 2.32. The molecule has 0 fully saturated rings. The van der Waals surface area contributed by atoms with E-state index in [0.717, 1.165) is 19.3 Å². The van der Waals surface area contributed by atoms with E-state index >= 15 is 0 Å². The number of hydrazine groups is 1. The van der Waals surface area contributed by atoms with Crippen LogP contribution in [0.5, 0.6) is 0 Å². The third-order valence-electron chi connectivity index (χ3n) is 2.32. The molecule has 0 spiro atoms. The summed E-state index contributed by atoms with van der Waals surface area (Å²) in [5.41, 5.74) is 2.10. The van der Waals surface area contributed by atoms with Crippen LogP contribution in [0.3, 0.4) is 0 Å². The lowest BCUT2D eigenvalue weighted by atomic mass is 10.1. The summed E-state index contributed by atoms with van der Waals surface area (Å²) in [7, 11) is 1.74. The maximum atomic E-state index is 11.5. The molecule has 0 aliphatic heterocycles. The molecule has 0 aromatic heterocycles. The fraction of sp³-hybridized carbons (Fsp3) is 0.917. The van der Waals surface area contributed by atoms with Gasteiger partial charge in [-0.2, -0.15) is 0 Å². The first-order chi connectivity index (χ1) is 7.80. The van der Waals surface area contributed by atoms with Crippen molar-refractivity contribution >= 4 is 6.09 Å². The van der Waals surface area contributed by atoms with Crippen LogP contribution in [0.4, 0.5) is 4.79 Å². The number of hydrogen-bond acceptors (Lipinski definition) is 4. The van der Waals surface area contributed by atoms with Gasteiger partial charge < -0.3 is 9.84 Å². The fourth-order valence-electron chi connectivity index (χ4n) is 1.38. The van der Waals surface area contributed by atoms with E-state index in [1.165, 1.54) is 0 Å². The molecule has 1 amide bonds. The minimum absolute atomic E-state index is 0.0201. The molecule has 2 N–H and O–H groups in total. The van der Waals surface area contributed by atoms with Gasteiger partial charge in [-0.1, -0.05) is 19.8 Å². The number of rotatable bonds is 6. The van der Waals surface area contributed by atoms with Crippen molar-refractivity contribution in [3.8, 4) is 0 Å². The Morgan fingerprint density at radius 2 is 2.06 bits per heavy atom. The summed E-state index contributed by atoms with van der Waals surface area (Å²) in [6.45, 7) is 7.55. The van der Waals surface area contributed by atoms with Crippen LogP contribution in [0.25, 0.3) is 0 Å². The van der Waals surface area contributed by atoms with E-state index in [9.17, 15) is 9.90 Å². The van der Waals surface area contributed by atoms with Gasteiger partial charge in [-0.05, 0) is 27.2 Å². The van der Waals surface area contributed by atoms with Gasteiger partial charge >= 0.3 is 6.09 Å². The smallest absolute Gasteiger partial charge is 0.422 e. The molecule has 1 atom stereocenters. The molecule has 0 heterocycles. The van der Waals surface area contributed by atoms with Gasteiger partial charge in [0.25, 0.3) is 0 Å². The summed E-state index contributed by atoms with van der Waals surface area (Å²) >= 11 is 0. The molecule has 0 saturated carbocycles. The summed E-state index contributed by atoms with van der Waals surface area (Å²) < 4.78 is 5.13. The molecule has 0 saturated heterocycles. The Labute approximate surface area is 104 Å². The number of aliphatic hydroxyl groups is 1. The highest BCUT2D eigenvalue weighted by molar-refractivity contribution is 5.67. The number of carbonyl (C=O) groups excluding carboxylic acids is 1. The van der Waals surface area contributed by atoms with Crippen LogP contribution in [0, 0.1) is 0 Å². The lowest BCUT2D eigenvalue weighted by Crippen LogP contribution is -2.49. The predicted molar refractivity (Wildman–Crippen MR) is 67.5 cm³/mol. The van der Waals surface area contributed by atoms with Gasteiger partial charge in [-0.25, -0.2) is 9.80 Å². The van der Waals surface area contributed by atoms with Crippen LogP contribution in [-0.2, 0) is 4.74 Å². The van der Waals surface area contributed by atoms with Crippen molar-refractivity contribution in [1.82, 2.24) is 10.4 Å². The molecule has 5 nitrogen and oxygen atoms in total. The summed E-state index contributed by atoms with van der Waals surface area (Å²) in [6.07, 6.45) is 2.44. The maximum Gasteiger partial charge on any atom is 0.422 e. The van der Waals surface area contributed by atoms with Gasteiger partial charge in [0.15, 0.2) is 0 Å². The highest BCUT2D eigenvalue weighted by Gasteiger charge is 2.20.